The molecule has 1 saturated heterocycles. The summed E-state index contributed by atoms with van der Waals surface area (Å²) < 4.78 is 1.06. The fraction of sp³-hybridized carbons (Fsp3) is 0.500. The third kappa shape index (κ3) is 3.73. The van der Waals surface area contributed by atoms with E-state index < -0.39 is 11.6 Å². The zero-order valence-corrected chi connectivity index (χ0v) is 17.5. The maximum absolute atomic E-state index is 12.8. The molecule has 1 aromatic carbocycles. The third-order valence-corrected chi connectivity index (χ3v) is 6.52. The summed E-state index contributed by atoms with van der Waals surface area (Å²) in [6, 6.07) is 7.06. The number of amides is 4. The van der Waals surface area contributed by atoms with Crippen molar-refractivity contribution < 1.29 is 14.4 Å². The summed E-state index contributed by atoms with van der Waals surface area (Å²) in [5.41, 5.74) is -0.0269. The molecule has 0 aliphatic carbocycles. The smallest absolute Gasteiger partial charge is 0.325 e. The molecule has 3 rings (SSSR count). The molecular weight excluding hydrogens is 376 g/mol. The molecule has 2 heterocycles. The number of fused-ring (bicyclic) bond motifs is 1. The van der Waals surface area contributed by atoms with Crippen LogP contribution in [-0.2, 0) is 9.59 Å². The molecule has 1 aliphatic heterocycles. The van der Waals surface area contributed by atoms with E-state index in [0.717, 1.165) is 33.0 Å². The average Bonchev–Trinajstić information content (AvgIpc) is 3.20. The van der Waals surface area contributed by atoms with E-state index >= 15 is 0 Å². The average molecular weight is 403 g/mol. The Morgan fingerprint density at radius 2 is 2.07 bits per heavy atom. The Bertz CT molecular complexity index is 879. The normalized spacial score (nSPS) is 20.5. The van der Waals surface area contributed by atoms with E-state index in [1.165, 1.54) is 11.3 Å². The highest BCUT2D eigenvalue weighted by molar-refractivity contribution is 7.18. The van der Waals surface area contributed by atoms with Gasteiger partial charge < -0.3 is 10.2 Å². The molecule has 0 bridgehead atoms. The molecule has 1 aromatic heterocycles. The second kappa shape index (κ2) is 7.87. The molecule has 1 fully saturated rings. The number of nitrogens with one attached hydrogen (secondary N) is 1. The summed E-state index contributed by atoms with van der Waals surface area (Å²) >= 11 is 1.54. The van der Waals surface area contributed by atoms with Crippen LogP contribution in [0.5, 0.6) is 0 Å². The fourth-order valence-corrected chi connectivity index (χ4v) is 4.35. The van der Waals surface area contributed by atoms with Crippen molar-refractivity contribution in [2.75, 3.05) is 13.6 Å². The van der Waals surface area contributed by atoms with Gasteiger partial charge in [-0.15, -0.1) is 11.3 Å². The van der Waals surface area contributed by atoms with Gasteiger partial charge in [0.25, 0.3) is 5.91 Å². The van der Waals surface area contributed by atoms with Crippen molar-refractivity contribution in [2.24, 2.45) is 0 Å². The number of likely N-dealkylation sites (N-methyl/N-ethyl adjacent to an activating group) is 1. The summed E-state index contributed by atoms with van der Waals surface area (Å²) in [6.07, 6.45) is 2.33. The SMILES string of the molecule is CCCC[C@@]1(C)NC(=O)N(CC(=O)N(C)[C@@H](C)c2nc3ccccc3s2)C1=O. The maximum atomic E-state index is 12.8. The Labute approximate surface area is 168 Å². The molecule has 2 aromatic rings. The van der Waals surface area contributed by atoms with Crippen LogP contribution in [-0.4, -0.2) is 51.8 Å². The minimum Gasteiger partial charge on any atom is -0.335 e. The predicted octanol–water partition coefficient (Wildman–Crippen LogP) is 3.32. The van der Waals surface area contributed by atoms with Crippen molar-refractivity contribution >= 4 is 39.4 Å². The summed E-state index contributed by atoms with van der Waals surface area (Å²) in [4.78, 5) is 45.0. The molecule has 28 heavy (non-hydrogen) atoms. The summed E-state index contributed by atoms with van der Waals surface area (Å²) in [7, 11) is 1.67. The summed E-state index contributed by atoms with van der Waals surface area (Å²) in [5.74, 6) is -0.629. The number of benzene rings is 1. The number of nitrogens with zero attached hydrogens (tertiary/aromatic N) is 3. The van der Waals surface area contributed by atoms with Crippen LogP contribution in [0.4, 0.5) is 4.79 Å². The van der Waals surface area contributed by atoms with Crippen LogP contribution in [0.1, 0.15) is 51.1 Å². The first-order valence-corrected chi connectivity index (χ1v) is 10.3. The number of carbonyl (C=O) groups is 3. The van der Waals surface area contributed by atoms with E-state index in [1.54, 1.807) is 18.9 Å². The number of thiazole rings is 1. The van der Waals surface area contributed by atoms with Crippen LogP contribution >= 0.6 is 11.3 Å². The Balaban J connectivity index is 1.69. The van der Waals surface area contributed by atoms with E-state index in [1.807, 2.05) is 38.1 Å². The van der Waals surface area contributed by atoms with Crippen molar-refractivity contribution in [1.29, 1.82) is 0 Å². The van der Waals surface area contributed by atoms with Crippen LogP contribution in [0.25, 0.3) is 10.2 Å². The molecule has 4 amide bonds. The van der Waals surface area contributed by atoms with Crippen molar-refractivity contribution in [2.45, 2.75) is 51.6 Å². The molecule has 0 spiro atoms. The standard InChI is InChI=1S/C20H26N4O3S/c1-5-6-11-20(3)18(26)24(19(27)22-20)12-16(25)23(4)13(2)17-21-14-9-7-8-10-15(14)28-17/h7-10,13H,5-6,11-12H2,1-4H3,(H,22,27)/t13-,20+/m0/s1. The van der Waals surface area contributed by atoms with Crippen molar-refractivity contribution in [1.82, 2.24) is 20.1 Å². The van der Waals surface area contributed by atoms with Gasteiger partial charge in [0.2, 0.25) is 5.91 Å². The fourth-order valence-electron chi connectivity index (χ4n) is 3.29. The monoisotopic (exact) mass is 402 g/mol. The number of rotatable bonds is 7. The molecule has 8 heteroatoms. The Morgan fingerprint density at radius 1 is 1.36 bits per heavy atom. The molecule has 7 nitrogen and oxygen atoms in total. The maximum Gasteiger partial charge on any atom is 0.325 e. The van der Waals surface area contributed by atoms with Crippen molar-refractivity contribution in [3.8, 4) is 0 Å². The lowest BCUT2D eigenvalue weighted by atomic mass is 9.95. The number of aromatic nitrogens is 1. The second-order valence-corrected chi connectivity index (χ2v) is 8.52. The van der Waals surface area contributed by atoms with Gasteiger partial charge in [0.1, 0.15) is 17.1 Å². The van der Waals surface area contributed by atoms with Gasteiger partial charge >= 0.3 is 6.03 Å². The van der Waals surface area contributed by atoms with Crippen LogP contribution < -0.4 is 5.32 Å². The van der Waals surface area contributed by atoms with Crippen molar-refractivity contribution in [3.05, 3.63) is 29.3 Å². The lowest BCUT2D eigenvalue weighted by Crippen LogP contribution is -2.45. The van der Waals surface area contributed by atoms with E-state index in [9.17, 15) is 14.4 Å². The van der Waals surface area contributed by atoms with Gasteiger partial charge in [0.15, 0.2) is 0 Å². The number of unbranched alkanes of at least 4 members (excludes halogenated alkanes) is 1. The molecule has 150 valence electrons. The summed E-state index contributed by atoms with van der Waals surface area (Å²) in [5, 5.41) is 3.57. The van der Waals surface area contributed by atoms with Gasteiger partial charge in [-0.3, -0.25) is 14.5 Å². The van der Waals surface area contributed by atoms with Gasteiger partial charge in [-0.05, 0) is 32.4 Å². The highest BCUT2D eigenvalue weighted by atomic mass is 32.1. The lowest BCUT2D eigenvalue weighted by Gasteiger charge is -2.25. The van der Waals surface area contributed by atoms with Gasteiger partial charge in [-0.1, -0.05) is 31.9 Å². The Kier molecular flexibility index (Phi) is 5.69. The molecule has 1 aliphatic rings. The first-order chi connectivity index (χ1) is 13.3. The topological polar surface area (TPSA) is 82.6 Å². The van der Waals surface area contributed by atoms with Crippen LogP contribution in [0, 0.1) is 0 Å². The zero-order valence-electron chi connectivity index (χ0n) is 16.7. The van der Waals surface area contributed by atoms with Crippen LogP contribution in [0.2, 0.25) is 0 Å². The van der Waals surface area contributed by atoms with E-state index in [0.29, 0.717) is 6.42 Å². The van der Waals surface area contributed by atoms with E-state index in [4.69, 9.17) is 0 Å². The first-order valence-electron chi connectivity index (χ1n) is 9.52. The van der Waals surface area contributed by atoms with Crippen LogP contribution in [0.15, 0.2) is 24.3 Å². The number of hydrogen-bond acceptors (Lipinski definition) is 5. The quantitative estimate of drug-likeness (QED) is 0.720. The highest BCUT2D eigenvalue weighted by Crippen LogP contribution is 2.29. The van der Waals surface area contributed by atoms with Crippen molar-refractivity contribution in [3.63, 3.8) is 0 Å². The van der Waals surface area contributed by atoms with Crippen LogP contribution in [0.3, 0.4) is 0 Å². The van der Waals surface area contributed by atoms with E-state index in [-0.39, 0.29) is 24.4 Å². The number of hydrogen-bond donors (Lipinski definition) is 1. The highest BCUT2D eigenvalue weighted by Gasteiger charge is 2.48. The first kappa shape index (κ1) is 20.3. The minimum absolute atomic E-state index is 0.253. The van der Waals surface area contributed by atoms with Gasteiger partial charge in [-0.25, -0.2) is 9.78 Å². The predicted molar refractivity (Wildman–Crippen MR) is 109 cm³/mol. The number of para-hydroxylation sites is 1. The molecule has 1 N–H and O–H groups in total. The molecule has 0 saturated carbocycles. The number of imide groups is 1. The molecular formula is C20H26N4O3S. The largest absolute Gasteiger partial charge is 0.335 e. The van der Waals surface area contributed by atoms with Gasteiger partial charge in [-0.2, -0.15) is 0 Å². The molecule has 0 unspecified atom stereocenters. The lowest BCUT2D eigenvalue weighted by molar-refractivity contribution is -0.139. The second-order valence-electron chi connectivity index (χ2n) is 7.46. The molecule has 0 radical (unpaired) electrons. The third-order valence-electron chi connectivity index (χ3n) is 5.31. The summed E-state index contributed by atoms with van der Waals surface area (Å²) in [6.45, 7) is 5.39. The zero-order chi connectivity index (χ0) is 20.5. The minimum atomic E-state index is -0.926. The Hall–Kier alpha value is -2.48. The molecule has 2 atom stereocenters. The number of carbonyl (C=O) groups excluding carboxylic acids is 3. The van der Waals surface area contributed by atoms with Gasteiger partial charge in [0.05, 0.1) is 16.3 Å². The number of urea groups is 1. The van der Waals surface area contributed by atoms with Gasteiger partial charge in [0, 0.05) is 7.05 Å². The van der Waals surface area contributed by atoms with E-state index in [2.05, 4.69) is 10.3 Å². The Morgan fingerprint density at radius 3 is 2.75 bits per heavy atom.